The van der Waals surface area contributed by atoms with Crippen molar-refractivity contribution < 1.29 is 0 Å². The number of nitrogen functional groups attached to an aromatic ring is 1. The first-order chi connectivity index (χ1) is 9.06. The van der Waals surface area contributed by atoms with Crippen LogP contribution in [-0.2, 0) is 0 Å². The zero-order valence-electron chi connectivity index (χ0n) is 11.3. The molecule has 100 valence electrons. The molecule has 0 radical (unpaired) electrons. The third-order valence-electron chi connectivity index (χ3n) is 2.90. The van der Waals surface area contributed by atoms with Crippen molar-refractivity contribution in [2.75, 3.05) is 11.5 Å². The van der Waals surface area contributed by atoms with Gasteiger partial charge in [-0.3, -0.25) is 0 Å². The zero-order valence-corrected chi connectivity index (χ0v) is 12.1. The summed E-state index contributed by atoms with van der Waals surface area (Å²) < 4.78 is 0. The van der Waals surface area contributed by atoms with Crippen LogP contribution in [0.25, 0.3) is 0 Å². The first kappa shape index (κ1) is 13.9. The van der Waals surface area contributed by atoms with Gasteiger partial charge in [-0.1, -0.05) is 17.7 Å². The molecule has 4 N–H and O–H groups in total. The lowest BCUT2D eigenvalue weighted by molar-refractivity contribution is 0.826. The van der Waals surface area contributed by atoms with Gasteiger partial charge < -0.3 is 11.5 Å². The summed E-state index contributed by atoms with van der Waals surface area (Å²) in [6, 6.07) is 10.3. The number of rotatable bonds is 4. The summed E-state index contributed by atoms with van der Waals surface area (Å²) in [7, 11) is 0. The molecule has 0 aliphatic carbocycles. The number of thioether (sulfide) groups is 1. The van der Waals surface area contributed by atoms with E-state index in [1.165, 1.54) is 10.5 Å². The number of hydrogen-bond acceptors (Lipinski definition) is 4. The van der Waals surface area contributed by atoms with Crippen LogP contribution in [0.3, 0.4) is 0 Å². The highest BCUT2D eigenvalue weighted by atomic mass is 32.2. The van der Waals surface area contributed by atoms with Gasteiger partial charge in [0, 0.05) is 28.5 Å². The number of aryl methyl sites for hydroxylation is 2. The van der Waals surface area contributed by atoms with E-state index in [1.54, 1.807) is 18.0 Å². The molecule has 0 saturated carbocycles. The monoisotopic (exact) mass is 273 g/mol. The lowest BCUT2D eigenvalue weighted by atomic mass is 10.1. The molecule has 2 aromatic rings. The normalized spacial score (nSPS) is 12.4. The molecule has 0 spiro atoms. The van der Waals surface area contributed by atoms with Gasteiger partial charge in [-0.15, -0.1) is 11.8 Å². The lowest BCUT2D eigenvalue weighted by Gasteiger charge is -2.14. The van der Waals surface area contributed by atoms with Gasteiger partial charge in [0.25, 0.3) is 0 Å². The van der Waals surface area contributed by atoms with Crippen LogP contribution in [-0.4, -0.2) is 10.7 Å². The summed E-state index contributed by atoms with van der Waals surface area (Å²) in [6.45, 7) is 4.09. The Hall–Kier alpha value is -1.52. The molecule has 0 saturated heterocycles. The summed E-state index contributed by atoms with van der Waals surface area (Å²) in [5.74, 6) is 1.32. The van der Waals surface area contributed by atoms with Crippen LogP contribution in [0.5, 0.6) is 0 Å². The van der Waals surface area contributed by atoms with Gasteiger partial charge in [0.05, 0.1) is 0 Å². The molecule has 1 aromatic carbocycles. The SMILES string of the molecule is Cc1cccc(SCC(N)c2cc(C)cnc2N)c1. The Labute approximate surface area is 118 Å². The second-order valence-corrected chi connectivity index (χ2v) is 5.81. The maximum Gasteiger partial charge on any atom is 0.128 e. The van der Waals surface area contributed by atoms with Crippen molar-refractivity contribution in [3.8, 4) is 0 Å². The highest BCUT2D eigenvalue weighted by molar-refractivity contribution is 7.99. The molecule has 0 amide bonds. The average molecular weight is 273 g/mol. The fraction of sp³-hybridized carbons (Fsp3) is 0.267. The number of nitrogens with zero attached hydrogens (tertiary/aromatic N) is 1. The van der Waals surface area contributed by atoms with Crippen LogP contribution < -0.4 is 11.5 Å². The summed E-state index contributed by atoms with van der Waals surface area (Å²) in [6.07, 6.45) is 1.76. The highest BCUT2D eigenvalue weighted by Gasteiger charge is 2.11. The Balaban J connectivity index is 2.05. The molecule has 1 unspecified atom stereocenters. The molecule has 19 heavy (non-hydrogen) atoms. The predicted octanol–water partition coefficient (Wildman–Crippen LogP) is 3.07. The summed E-state index contributed by atoms with van der Waals surface area (Å²) in [5, 5.41) is 0. The highest BCUT2D eigenvalue weighted by Crippen LogP contribution is 2.26. The lowest BCUT2D eigenvalue weighted by Crippen LogP contribution is -2.16. The van der Waals surface area contributed by atoms with Crippen molar-refractivity contribution in [2.24, 2.45) is 5.73 Å². The molecule has 0 bridgehead atoms. The number of benzene rings is 1. The zero-order chi connectivity index (χ0) is 13.8. The van der Waals surface area contributed by atoms with E-state index >= 15 is 0 Å². The summed E-state index contributed by atoms with van der Waals surface area (Å²) >= 11 is 1.74. The summed E-state index contributed by atoms with van der Waals surface area (Å²) in [5.41, 5.74) is 15.4. The van der Waals surface area contributed by atoms with Crippen molar-refractivity contribution in [2.45, 2.75) is 24.8 Å². The van der Waals surface area contributed by atoms with Crippen molar-refractivity contribution in [3.63, 3.8) is 0 Å². The van der Waals surface area contributed by atoms with E-state index in [-0.39, 0.29) is 6.04 Å². The molecule has 2 rings (SSSR count). The molecule has 3 nitrogen and oxygen atoms in total. The Kier molecular flexibility index (Phi) is 4.45. The van der Waals surface area contributed by atoms with Crippen molar-refractivity contribution in [3.05, 3.63) is 53.2 Å². The Bertz CT molecular complexity index is 569. The smallest absolute Gasteiger partial charge is 0.128 e. The topological polar surface area (TPSA) is 64.9 Å². The molecule has 4 heteroatoms. The Morgan fingerprint density at radius 3 is 2.74 bits per heavy atom. The number of anilines is 1. The van der Waals surface area contributed by atoms with Crippen molar-refractivity contribution >= 4 is 17.6 Å². The van der Waals surface area contributed by atoms with Crippen molar-refractivity contribution in [1.82, 2.24) is 4.98 Å². The standard InChI is InChI=1S/C15H19N3S/c1-10-4-3-5-12(6-10)19-9-14(16)13-7-11(2)8-18-15(13)17/h3-8,14H,9,16H2,1-2H3,(H2,17,18). The van der Waals surface area contributed by atoms with E-state index in [0.29, 0.717) is 5.82 Å². The quantitative estimate of drug-likeness (QED) is 0.840. The third-order valence-corrected chi connectivity index (χ3v) is 4.02. The van der Waals surface area contributed by atoms with Gasteiger partial charge in [-0.05, 0) is 37.6 Å². The minimum Gasteiger partial charge on any atom is -0.383 e. The summed E-state index contributed by atoms with van der Waals surface area (Å²) in [4.78, 5) is 5.39. The average Bonchev–Trinajstić information content (AvgIpc) is 2.39. The molecule has 1 aromatic heterocycles. The Morgan fingerprint density at radius 2 is 2.00 bits per heavy atom. The number of aromatic nitrogens is 1. The number of nitrogens with two attached hydrogens (primary N) is 2. The van der Waals surface area contributed by atoms with E-state index < -0.39 is 0 Å². The molecule has 0 aliphatic heterocycles. The third kappa shape index (κ3) is 3.72. The van der Waals surface area contributed by atoms with Crippen LogP contribution in [0.15, 0.2) is 41.4 Å². The van der Waals surface area contributed by atoms with Crippen LogP contribution in [0.1, 0.15) is 22.7 Å². The molecule has 1 heterocycles. The molecule has 0 aliphatic rings. The maximum absolute atomic E-state index is 6.21. The first-order valence-electron chi connectivity index (χ1n) is 6.23. The van der Waals surface area contributed by atoms with Crippen molar-refractivity contribution in [1.29, 1.82) is 0 Å². The molecular weight excluding hydrogens is 254 g/mol. The second-order valence-electron chi connectivity index (χ2n) is 4.72. The van der Waals surface area contributed by atoms with Gasteiger partial charge >= 0.3 is 0 Å². The minimum absolute atomic E-state index is 0.0992. The number of hydrogen-bond donors (Lipinski definition) is 2. The minimum atomic E-state index is -0.0992. The van der Waals surface area contributed by atoms with Gasteiger partial charge in [0.15, 0.2) is 0 Å². The molecular formula is C15H19N3S. The number of pyridine rings is 1. The van der Waals surface area contributed by atoms with E-state index in [9.17, 15) is 0 Å². The predicted molar refractivity (Wildman–Crippen MR) is 82.2 cm³/mol. The maximum atomic E-state index is 6.21. The molecule has 0 fully saturated rings. The first-order valence-corrected chi connectivity index (χ1v) is 7.22. The van der Waals surface area contributed by atoms with E-state index in [2.05, 4.69) is 36.2 Å². The van der Waals surface area contributed by atoms with Gasteiger partial charge in [-0.25, -0.2) is 4.98 Å². The van der Waals surface area contributed by atoms with Crippen LogP contribution in [0.2, 0.25) is 0 Å². The Morgan fingerprint density at radius 1 is 1.21 bits per heavy atom. The van der Waals surface area contributed by atoms with Gasteiger partial charge in [-0.2, -0.15) is 0 Å². The van der Waals surface area contributed by atoms with Crippen LogP contribution in [0, 0.1) is 13.8 Å². The fourth-order valence-electron chi connectivity index (χ4n) is 1.88. The van der Waals surface area contributed by atoms with E-state index in [0.717, 1.165) is 16.9 Å². The van der Waals surface area contributed by atoms with Crippen LogP contribution >= 0.6 is 11.8 Å². The van der Waals surface area contributed by atoms with Gasteiger partial charge in [0.2, 0.25) is 0 Å². The largest absolute Gasteiger partial charge is 0.383 e. The second kappa shape index (κ2) is 6.08. The fourth-order valence-corrected chi connectivity index (χ4v) is 2.88. The van der Waals surface area contributed by atoms with E-state index in [4.69, 9.17) is 11.5 Å². The molecule has 1 atom stereocenters. The van der Waals surface area contributed by atoms with Crippen LogP contribution in [0.4, 0.5) is 5.82 Å². The van der Waals surface area contributed by atoms with Gasteiger partial charge in [0.1, 0.15) is 5.82 Å². The van der Waals surface area contributed by atoms with E-state index in [1.807, 2.05) is 13.0 Å².